The average Bonchev–Trinajstić information content (AvgIpc) is 2.57. The summed E-state index contributed by atoms with van der Waals surface area (Å²) in [5.41, 5.74) is 2.11. The second-order valence-corrected chi connectivity index (χ2v) is 5.69. The Morgan fingerprint density at radius 3 is 2.57 bits per heavy atom. The highest BCUT2D eigenvalue weighted by Crippen LogP contribution is 2.43. The first-order valence-electron chi connectivity index (χ1n) is 7.23. The predicted octanol–water partition coefficient (Wildman–Crippen LogP) is 3.38. The lowest BCUT2D eigenvalue weighted by atomic mass is 9.99. The van der Waals surface area contributed by atoms with E-state index in [0.717, 1.165) is 11.1 Å². The van der Waals surface area contributed by atoms with Crippen molar-refractivity contribution in [3.05, 3.63) is 51.2 Å². The Labute approximate surface area is 131 Å². The van der Waals surface area contributed by atoms with Gasteiger partial charge in [-0.2, -0.15) is 0 Å². The zero-order valence-electron chi connectivity index (χ0n) is 12.6. The molecule has 0 atom stereocenters. The Morgan fingerprint density at radius 2 is 1.78 bits per heavy atom. The molecule has 0 aliphatic carbocycles. The van der Waals surface area contributed by atoms with Gasteiger partial charge in [0.25, 0.3) is 0 Å². The molecule has 23 heavy (non-hydrogen) atoms. The van der Waals surface area contributed by atoms with Crippen molar-refractivity contribution in [3.8, 4) is 28.6 Å². The molecule has 2 aromatic carbocycles. The van der Waals surface area contributed by atoms with Crippen LogP contribution in [0.1, 0.15) is 16.7 Å². The fourth-order valence-corrected chi connectivity index (χ4v) is 3.01. The summed E-state index contributed by atoms with van der Waals surface area (Å²) in [7, 11) is 0. The molecule has 2 N–H and O–H groups in total. The van der Waals surface area contributed by atoms with Gasteiger partial charge in [0.15, 0.2) is 5.76 Å². The molecule has 2 heterocycles. The van der Waals surface area contributed by atoms with Crippen LogP contribution in [0.2, 0.25) is 0 Å². The van der Waals surface area contributed by atoms with Crippen molar-refractivity contribution in [1.82, 2.24) is 0 Å². The molecule has 5 heteroatoms. The van der Waals surface area contributed by atoms with Crippen LogP contribution in [-0.4, -0.2) is 10.2 Å². The largest absolute Gasteiger partial charge is 0.507 e. The molecule has 3 aromatic rings. The van der Waals surface area contributed by atoms with E-state index in [4.69, 9.17) is 9.15 Å². The van der Waals surface area contributed by atoms with Gasteiger partial charge in [0.05, 0.1) is 0 Å². The van der Waals surface area contributed by atoms with E-state index in [-0.39, 0.29) is 40.4 Å². The van der Waals surface area contributed by atoms with Gasteiger partial charge in [-0.05, 0) is 13.8 Å². The molecule has 0 saturated carbocycles. The number of ether oxygens (including phenoxy) is 1. The number of phenolic OH excluding ortho intramolecular Hbond substituents is 2. The van der Waals surface area contributed by atoms with Crippen molar-refractivity contribution in [2.75, 3.05) is 0 Å². The summed E-state index contributed by atoms with van der Waals surface area (Å²) in [5, 5.41) is 20.4. The standard InChI is InChI=1S/C18H14O5/c1-8-13(19)9(2)16-12(14(8)20)15(21)18-17(23-16)11-6-4-3-5-10(11)7-22-18/h3-6,19-20H,7H2,1-2H3. The Morgan fingerprint density at radius 1 is 1.04 bits per heavy atom. The smallest absolute Gasteiger partial charge is 0.239 e. The number of benzene rings is 2. The molecule has 5 nitrogen and oxygen atoms in total. The second kappa shape index (κ2) is 4.52. The molecule has 1 aromatic heterocycles. The maximum Gasteiger partial charge on any atom is 0.239 e. The van der Waals surface area contributed by atoms with Crippen LogP contribution >= 0.6 is 0 Å². The van der Waals surface area contributed by atoms with Crippen molar-refractivity contribution in [2.45, 2.75) is 20.5 Å². The lowest BCUT2D eigenvalue weighted by molar-refractivity contribution is 0.290. The van der Waals surface area contributed by atoms with Gasteiger partial charge in [0, 0.05) is 22.3 Å². The van der Waals surface area contributed by atoms with Crippen LogP contribution in [0, 0.1) is 13.8 Å². The highest BCUT2D eigenvalue weighted by atomic mass is 16.5. The quantitative estimate of drug-likeness (QED) is 0.665. The molecule has 116 valence electrons. The van der Waals surface area contributed by atoms with E-state index in [1.807, 2.05) is 24.3 Å². The molecule has 0 radical (unpaired) electrons. The number of rotatable bonds is 0. The van der Waals surface area contributed by atoms with Crippen LogP contribution in [0.5, 0.6) is 17.2 Å². The number of aromatic hydroxyl groups is 2. The highest BCUT2D eigenvalue weighted by molar-refractivity contribution is 5.92. The minimum absolute atomic E-state index is 0.0379. The fraction of sp³-hybridized carbons (Fsp3) is 0.167. The number of fused-ring (bicyclic) bond motifs is 4. The Balaban J connectivity index is 2.21. The maximum absolute atomic E-state index is 12.8. The van der Waals surface area contributed by atoms with E-state index >= 15 is 0 Å². The SMILES string of the molecule is Cc1c(O)c(C)c2oc3c(c(=O)c2c1O)OCc1ccccc1-3. The molecule has 1 aliphatic rings. The van der Waals surface area contributed by atoms with Gasteiger partial charge >= 0.3 is 0 Å². The summed E-state index contributed by atoms with van der Waals surface area (Å²) in [4.78, 5) is 12.8. The first kappa shape index (κ1) is 13.7. The molecular formula is C18H14O5. The normalized spacial score (nSPS) is 12.6. The summed E-state index contributed by atoms with van der Waals surface area (Å²) in [6, 6.07) is 7.50. The monoisotopic (exact) mass is 310 g/mol. The van der Waals surface area contributed by atoms with E-state index in [1.54, 1.807) is 13.8 Å². The van der Waals surface area contributed by atoms with Gasteiger partial charge < -0.3 is 19.4 Å². The fourth-order valence-electron chi connectivity index (χ4n) is 3.01. The average molecular weight is 310 g/mol. The number of phenols is 2. The van der Waals surface area contributed by atoms with E-state index in [2.05, 4.69) is 0 Å². The maximum atomic E-state index is 12.8. The predicted molar refractivity (Wildman–Crippen MR) is 85.1 cm³/mol. The zero-order chi connectivity index (χ0) is 16.3. The van der Waals surface area contributed by atoms with Crippen molar-refractivity contribution in [1.29, 1.82) is 0 Å². The van der Waals surface area contributed by atoms with Crippen LogP contribution in [0.15, 0.2) is 33.5 Å². The minimum Gasteiger partial charge on any atom is -0.507 e. The molecule has 0 bridgehead atoms. The molecule has 0 spiro atoms. The minimum atomic E-state index is -0.431. The van der Waals surface area contributed by atoms with Gasteiger partial charge in [0.1, 0.15) is 29.1 Å². The third-order valence-electron chi connectivity index (χ3n) is 4.35. The van der Waals surface area contributed by atoms with E-state index in [0.29, 0.717) is 11.3 Å². The summed E-state index contributed by atoms with van der Waals surface area (Å²) in [6.45, 7) is 3.47. The summed E-state index contributed by atoms with van der Waals surface area (Å²) in [5.74, 6) is 0.0660. The van der Waals surface area contributed by atoms with E-state index < -0.39 is 5.43 Å². The van der Waals surface area contributed by atoms with Crippen molar-refractivity contribution in [2.24, 2.45) is 0 Å². The Bertz CT molecular complexity index is 1030. The first-order valence-corrected chi connectivity index (χ1v) is 7.23. The molecule has 0 fully saturated rings. The van der Waals surface area contributed by atoms with Crippen LogP contribution in [0.3, 0.4) is 0 Å². The van der Waals surface area contributed by atoms with Gasteiger partial charge in [-0.15, -0.1) is 0 Å². The zero-order valence-corrected chi connectivity index (χ0v) is 12.6. The van der Waals surface area contributed by atoms with E-state index in [1.165, 1.54) is 0 Å². The number of hydrogen-bond donors (Lipinski definition) is 2. The van der Waals surface area contributed by atoms with Crippen LogP contribution in [0.25, 0.3) is 22.3 Å². The lowest BCUT2D eigenvalue weighted by Crippen LogP contribution is -2.15. The molecule has 0 saturated heterocycles. The van der Waals surface area contributed by atoms with Crippen LogP contribution in [0.4, 0.5) is 0 Å². The summed E-state index contributed by atoms with van der Waals surface area (Å²) in [6.07, 6.45) is 0. The molecule has 4 rings (SSSR count). The lowest BCUT2D eigenvalue weighted by Gasteiger charge is -2.20. The van der Waals surface area contributed by atoms with Crippen molar-refractivity contribution >= 4 is 11.0 Å². The van der Waals surface area contributed by atoms with Crippen molar-refractivity contribution in [3.63, 3.8) is 0 Å². The summed E-state index contributed by atoms with van der Waals surface area (Å²) < 4.78 is 11.5. The summed E-state index contributed by atoms with van der Waals surface area (Å²) >= 11 is 0. The topological polar surface area (TPSA) is 79.9 Å². The number of hydrogen-bond acceptors (Lipinski definition) is 5. The Hall–Kier alpha value is -2.95. The Kier molecular flexibility index (Phi) is 2.69. The third-order valence-corrected chi connectivity index (χ3v) is 4.35. The highest BCUT2D eigenvalue weighted by Gasteiger charge is 2.27. The molecule has 0 unspecified atom stereocenters. The molecule has 0 amide bonds. The van der Waals surface area contributed by atoms with Gasteiger partial charge in [0.2, 0.25) is 11.2 Å². The van der Waals surface area contributed by atoms with Crippen LogP contribution < -0.4 is 10.2 Å². The van der Waals surface area contributed by atoms with Gasteiger partial charge in [-0.3, -0.25) is 4.79 Å². The van der Waals surface area contributed by atoms with Gasteiger partial charge in [-0.25, -0.2) is 0 Å². The van der Waals surface area contributed by atoms with Gasteiger partial charge in [-0.1, -0.05) is 24.3 Å². The molecule has 1 aliphatic heterocycles. The first-order chi connectivity index (χ1) is 11.0. The van der Waals surface area contributed by atoms with E-state index in [9.17, 15) is 15.0 Å². The third kappa shape index (κ3) is 1.70. The van der Waals surface area contributed by atoms with Crippen LogP contribution in [-0.2, 0) is 6.61 Å². The van der Waals surface area contributed by atoms with Crippen molar-refractivity contribution < 1.29 is 19.4 Å². The molecular weight excluding hydrogens is 296 g/mol. The number of aryl methyl sites for hydroxylation is 1. The second-order valence-electron chi connectivity index (χ2n) is 5.69.